The normalized spacial score (nSPS) is 15.2. The van der Waals surface area contributed by atoms with Crippen molar-refractivity contribution in [2.24, 2.45) is 0 Å². The summed E-state index contributed by atoms with van der Waals surface area (Å²) < 4.78 is 0. The molecule has 1 aromatic heterocycles. The van der Waals surface area contributed by atoms with Gasteiger partial charge in [0, 0.05) is 18.7 Å². The fourth-order valence-corrected chi connectivity index (χ4v) is 1.30. The van der Waals surface area contributed by atoms with Crippen molar-refractivity contribution < 1.29 is 4.79 Å². The molecule has 2 heterocycles. The maximum absolute atomic E-state index is 10.9. The van der Waals surface area contributed by atoms with Crippen molar-refractivity contribution >= 4 is 11.6 Å². The van der Waals surface area contributed by atoms with E-state index in [1.165, 1.54) is 12.3 Å². The fraction of sp³-hybridized carbons (Fsp3) is 0.250. The number of anilines is 1. The van der Waals surface area contributed by atoms with Crippen molar-refractivity contribution in [3.8, 4) is 0 Å². The number of pyridine rings is 1. The number of aromatic nitrogens is 1. The fourth-order valence-electron chi connectivity index (χ4n) is 1.30. The van der Waals surface area contributed by atoms with Gasteiger partial charge in [0.15, 0.2) is 0 Å². The average molecular weight is 164 g/mol. The van der Waals surface area contributed by atoms with Gasteiger partial charge in [-0.05, 0) is 12.0 Å². The number of H-pyrrole nitrogens is 1. The SMILES string of the molecule is O=C1CCc2cc(=O)[nH]cc2N1. The number of rotatable bonds is 0. The Morgan fingerprint density at radius 1 is 1.25 bits per heavy atom. The molecule has 12 heavy (non-hydrogen) atoms. The lowest BCUT2D eigenvalue weighted by molar-refractivity contribution is -0.116. The Labute approximate surface area is 68.6 Å². The molecule has 4 heteroatoms. The number of fused-ring (bicyclic) bond motifs is 1. The van der Waals surface area contributed by atoms with Crippen LogP contribution in [0.25, 0.3) is 0 Å². The summed E-state index contributed by atoms with van der Waals surface area (Å²) in [4.78, 5) is 24.3. The van der Waals surface area contributed by atoms with Crippen LogP contribution in [0.3, 0.4) is 0 Å². The van der Waals surface area contributed by atoms with Gasteiger partial charge in [0.25, 0.3) is 0 Å². The highest BCUT2D eigenvalue weighted by Crippen LogP contribution is 2.18. The van der Waals surface area contributed by atoms with Crippen LogP contribution >= 0.6 is 0 Å². The summed E-state index contributed by atoms with van der Waals surface area (Å²) in [5.41, 5.74) is 1.52. The molecule has 1 aromatic rings. The van der Waals surface area contributed by atoms with Crippen LogP contribution in [0.2, 0.25) is 0 Å². The molecule has 2 N–H and O–H groups in total. The second-order valence-corrected chi connectivity index (χ2v) is 2.78. The van der Waals surface area contributed by atoms with Crippen LogP contribution < -0.4 is 10.9 Å². The number of hydrogen-bond donors (Lipinski definition) is 2. The summed E-state index contributed by atoms with van der Waals surface area (Å²) in [7, 11) is 0. The van der Waals surface area contributed by atoms with Crippen LogP contribution in [0.15, 0.2) is 17.1 Å². The van der Waals surface area contributed by atoms with Crippen molar-refractivity contribution in [3.63, 3.8) is 0 Å². The van der Waals surface area contributed by atoms with E-state index >= 15 is 0 Å². The first-order valence-electron chi connectivity index (χ1n) is 3.77. The van der Waals surface area contributed by atoms with Crippen molar-refractivity contribution in [2.75, 3.05) is 5.32 Å². The van der Waals surface area contributed by atoms with E-state index in [4.69, 9.17) is 0 Å². The molecule has 0 atom stereocenters. The number of hydrogen-bond acceptors (Lipinski definition) is 2. The summed E-state index contributed by atoms with van der Waals surface area (Å²) >= 11 is 0. The maximum atomic E-state index is 10.9. The quantitative estimate of drug-likeness (QED) is 0.577. The Kier molecular flexibility index (Phi) is 1.46. The molecule has 1 aliphatic heterocycles. The molecular formula is C8H8N2O2. The van der Waals surface area contributed by atoms with E-state index in [0.29, 0.717) is 12.8 Å². The van der Waals surface area contributed by atoms with Crippen LogP contribution in [0, 0.1) is 0 Å². The van der Waals surface area contributed by atoms with Crippen LogP contribution in [-0.4, -0.2) is 10.9 Å². The zero-order valence-corrected chi connectivity index (χ0v) is 6.39. The molecule has 0 saturated heterocycles. The van der Waals surface area contributed by atoms with Gasteiger partial charge < -0.3 is 10.3 Å². The monoisotopic (exact) mass is 164 g/mol. The van der Waals surface area contributed by atoms with Crippen LogP contribution in [0.5, 0.6) is 0 Å². The van der Waals surface area contributed by atoms with Gasteiger partial charge in [-0.15, -0.1) is 0 Å². The van der Waals surface area contributed by atoms with Crippen LogP contribution in [0.4, 0.5) is 5.69 Å². The summed E-state index contributed by atoms with van der Waals surface area (Å²) in [6, 6.07) is 1.52. The molecule has 62 valence electrons. The summed E-state index contributed by atoms with van der Waals surface area (Å²) in [6.07, 6.45) is 2.66. The third kappa shape index (κ3) is 1.11. The first-order chi connectivity index (χ1) is 5.75. The minimum absolute atomic E-state index is 0.00884. The van der Waals surface area contributed by atoms with Gasteiger partial charge in [0.05, 0.1) is 5.69 Å². The molecule has 0 saturated carbocycles. The highest BCUT2D eigenvalue weighted by molar-refractivity contribution is 5.93. The van der Waals surface area contributed by atoms with Crippen molar-refractivity contribution in [2.45, 2.75) is 12.8 Å². The largest absolute Gasteiger partial charge is 0.327 e. The van der Waals surface area contributed by atoms with Gasteiger partial charge in [0.1, 0.15) is 0 Å². The molecule has 0 radical (unpaired) electrons. The standard InChI is InChI=1S/C8H8N2O2/c11-7-2-1-5-3-8(12)9-4-6(5)10-7/h3-4H,1-2H2,(H,9,12)(H,10,11). The predicted molar refractivity (Wildman–Crippen MR) is 44.0 cm³/mol. The lowest BCUT2D eigenvalue weighted by Crippen LogP contribution is -2.21. The highest BCUT2D eigenvalue weighted by atomic mass is 16.1. The lowest BCUT2D eigenvalue weighted by Gasteiger charge is -2.14. The van der Waals surface area contributed by atoms with Gasteiger partial charge in [-0.2, -0.15) is 0 Å². The Balaban J connectivity index is 2.49. The molecule has 1 amide bonds. The molecule has 0 bridgehead atoms. The minimum atomic E-state index is -0.120. The van der Waals surface area contributed by atoms with E-state index in [1.807, 2.05) is 0 Å². The van der Waals surface area contributed by atoms with E-state index in [9.17, 15) is 9.59 Å². The number of carbonyl (C=O) groups excluding carboxylic acids is 1. The van der Waals surface area contributed by atoms with E-state index in [2.05, 4.69) is 10.3 Å². The van der Waals surface area contributed by atoms with Crippen molar-refractivity contribution in [1.82, 2.24) is 4.98 Å². The Morgan fingerprint density at radius 2 is 2.08 bits per heavy atom. The molecule has 0 aliphatic carbocycles. The first-order valence-corrected chi connectivity index (χ1v) is 3.77. The van der Waals surface area contributed by atoms with E-state index in [-0.39, 0.29) is 11.5 Å². The molecule has 2 rings (SSSR count). The summed E-state index contributed by atoms with van der Waals surface area (Å²) in [6.45, 7) is 0. The van der Waals surface area contributed by atoms with Gasteiger partial charge in [0.2, 0.25) is 11.5 Å². The van der Waals surface area contributed by atoms with Crippen molar-refractivity contribution in [1.29, 1.82) is 0 Å². The van der Waals surface area contributed by atoms with Crippen molar-refractivity contribution in [3.05, 3.63) is 28.2 Å². The predicted octanol–water partition coefficient (Wildman–Crippen LogP) is 0.260. The highest BCUT2D eigenvalue weighted by Gasteiger charge is 2.13. The number of amides is 1. The third-order valence-corrected chi connectivity index (χ3v) is 1.91. The topological polar surface area (TPSA) is 62.0 Å². The summed E-state index contributed by atoms with van der Waals surface area (Å²) in [5.74, 6) is 0.00884. The van der Waals surface area contributed by atoms with Gasteiger partial charge in [-0.25, -0.2) is 0 Å². The van der Waals surface area contributed by atoms with E-state index in [1.54, 1.807) is 0 Å². The second-order valence-electron chi connectivity index (χ2n) is 2.78. The van der Waals surface area contributed by atoms with E-state index < -0.39 is 0 Å². The van der Waals surface area contributed by atoms with Crippen LogP contribution in [-0.2, 0) is 11.2 Å². The molecule has 0 fully saturated rings. The smallest absolute Gasteiger partial charge is 0.248 e. The van der Waals surface area contributed by atoms with Gasteiger partial charge in [-0.1, -0.05) is 0 Å². The first kappa shape index (κ1) is 7.09. The van der Waals surface area contributed by atoms with Crippen LogP contribution in [0.1, 0.15) is 12.0 Å². The van der Waals surface area contributed by atoms with Gasteiger partial charge in [-0.3, -0.25) is 9.59 Å². The molecular weight excluding hydrogens is 156 g/mol. The molecule has 1 aliphatic rings. The number of aryl methyl sites for hydroxylation is 1. The molecule has 0 unspecified atom stereocenters. The Hall–Kier alpha value is -1.58. The van der Waals surface area contributed by atoms with E-state index in [0.717, 1.165) is 11.3 Å². The Morgan fingerprint density at radius 3 is 2.92 bits per heavy atom. The minimum Gasteiger partial charge on any atom is -0.327 e. The Bertz CT molecular complexity index is 381. The summed E-state index contributed by atoms with van der Waals surface area (Å²) in [5, 5.41) is 2.68. The molecule has 4 nitrogen and oxygen atoms in total. The number of aromatic amines is 1. The third-order valence-electron chi connectivity index (χ3n) is 1.91. The number of nitrogens with one attached hydrogen (secondary N) is 2. The zero-order chi connectivity index (χ0) is 8.55. The maximum Gasteiger partial charge on any atom is 0.248 e. The zero-order valence-electron chi connectivity index (χ0n) is 6.39. The lowest BCUT2D eigenvalue weighted by atomic mass is 10.1. The molecule has 0 spiro atoms. The number of carbonyl (C=O) groups is 1. The molecule has 0 aromatic carbocycles. The second kappa shape index (κ2) is 2.48. The average Bonchev–Trinajstić information content (AvgIpc) is 2.05. The van der Waals surface area contributed by atoms with Gasteiger partial charge >= 0.3 is 0 Å².